The SMILES string of the molecule is O=C(Cc1cccc(F)c1)NNC(=S)Nc1ccc(Cl)cc1. The van der Waals surface area contributed by atoms with Crippen molar-refractivity contribution in [3.05, 3.63) is 64.9 Å². The third-order valence-corrected chi connectivity index (χ3v) is 3.13. The van der Waals surface area contributed by atoms with Gasteiger partial charge < -0.3 is 5.32 Å². The van der Waals surface area contributed by atoms with E-state index < -0.39 is 0 Å². The average molecular weight is 338 g/mol. The number of halogens is 2. The van der Waals surface area contributed by atoms with E-state index in [1.807, 2.05) is 0 Å². The molecule has 0 aliphatic rings. The van der Waals surface area contributed by atoms with Crippen molar-refractivity contribution in [1.82, 2.24) is 10.9 Å². The van der Waals surface area contributed by atoms with Crippen molar-refractivity contribution in [2.45, 2.75) is 6.42 Å². The number of nitrogens with one attached hydrogen (secondary N) is 3. The van der Waals surface area contributed by atoms with Crippen molar-refractivity contribution >= 4 is 40.5 Å². The average Bonchev–Trinajstić information content (AvgIpc) is 2.48. The molecule has 0 unspecified atom stereocenters. The lowest BCUT2D eigenvalue weighted by Gasteiger charge is -2.11. The second-order valence-corrected chi connectivity index (χ2v) is 5.29. The van der Waals surface area contributed by atoms with Crippen molar-refractivity contribution in [2.24, 2.45) is 0 Å². The van der Waals surface area contributed by atoms with E-state index in [0.29, 0.717) is 10.6 Å². The van der Waals surface area contributed by atoms with Crippen LogP contribution in [0.2, 0.25) is 5.02 Å². The van der Waals surface area contributed by atoms with E-state index in [1.54, 1.807) is 36.4 Å². The minimum Gasteiger partial charge on any atom is -0.331 e. The summed E-state index contributed by atoms with van der Waals surface area (Å²) in [4.78, 5) is 11.7. The fraction of sp³-hybridized carbons (Fsp3) is 0.0667. The van der Waals surface area contributed by atoms with Crippen LogP contribution in [0.4, 0.5) is 10.1 Å². The van der Waals surface area contributed by atoms with Gasteiger partial charge in [-0.25, -0.2) is 4.39 Å². The van der Waals surface area contributed by atoms with E-state index in [9.17, 15) is 9.18 Å². The first kappa shape index (κ1) is 16.2. The van der Waals surface area contributed by atoms with Gasteiger partial charge in [0.1, 0.15) is 5.82 Å². The summed E-state index contributed by atoms with van der Waals surface area (Å²) in [6.45, 7) is 0. The van der Waals surface area contributed by atoms with Crippen LogP contribution in [0.1, 0.15) is 5.56 Å². The molecular formula is C15H13ClFN3OS. The minimum absolute atomic E-state index is 0.0499. The van der Waals surface area contributed by atoms with Gasteiger partial charge in [0, 0.05) is 10.7 Å². The highest BCUT2D eigenvalue weighted by Gasteiger charge is 2.05. The Bertz CT molecular complexity index is 679. The van der Waals surface area contributed by atoms with E-state index in [1.165, 1.54) is 12.1 Å². The quantitative estimate of drug-likeness (QED) is 0.595. The van der Waals surface area contributed by atoms with Gasteiger partial charge in [-0.2, -0.15) is 0 Å². The Morgan fingerprint density at radius 2 is 1.86 bits per heavy atom. The van der Waals surface area contributed by atoms with Crippen LogP contribution in [0, 0.1) is 5.82 Å². The fourth-order valence-corrected chi connectivity index (χ4v) is 1.99. The molecule has 114 valence electrons. The highest BCUT2D eigenvalue weighted by atomic mass is 35.5. The lowest BCUT2D eigenvalue weighted by atomic mass is 10.1. The lowest BCUT2D eigenvalue weighted by Crippen LogP contribution is -2.44. The topological polar surface area (TPSA) is 53.2 Å². The van der Waals surface area contributed by atoms with Crippen LogP contribution in [0.25, 0.3) is 0 Å². The van der Waals surface area contributed by atoms with Crippen LogP contribution >= 0.6 is 23.8 Å². The molecule has 0 aromatic heterocycles. The van der Waals surface area contributed by atoms with Gasteiger partial charge in [-0.15, -0.1) is 0 Å². The molecule has 0 aliphatic heterocycles. The van der Waals surface area contributed by atoms with Crippen molar-refractivity contribution < 1.29 is 9.18 Å². The molecule has 0 radical (unpaired) electrons. The van der Waals surface area contributed by atoms with E-state index in [-0.39, 0.29) is 23.3 Å². The van der Waals surface area contributed by atoms with Gasteiger partial charge in [0.25, 0.3) is 0 Å². The zero-order valence-corrected chi connectivity index (χ0v) is 13.0. The normalized spacial score (nSPS) is 9.91. The first-order valence-corrected chi connectivity index (χ1v) is 7.17. The summed E-state index contributed by atoms with van der Waals surface area (Å²) in [6.07, 6.45) is 0.0499. The van der Waals surface area contributed by atoms with Gasteiger partial charge in [0.2, 0.25) is 5.91 Å². The second kappa shape index (κ2) is 7.72. The van der Waals surface area contributed by atoms with Crippen molar-refractivity contribution in [3.8, 4) is 0 Å². The minimum atomic E-state index is -0.377. The van der Waals surface area contributed by atoms with E-state index >= 15 is 0 Å². The maximum absolute atomic E-state index is 13.0. The van der Waals surface area contributed by atoms with Gasteiger partial charge in [-0.1, -0.05) is 23.7 Å². The molecule has 2 aromatic rings. The van der Waals surface area contributed by atoms with E-state index in [4.69, 9.17) is 23.8 Å². The molecule has 0 saturated heterocycles. The summed E-state index contributed by atoms with van der Waals surface area (Å²) in [5.74, 6) is -0.705. The highest BCUT2D eigenvalue weighted by Crippen LogP contribution is 2.13. The van der Waals surface area contributed by atoms with Crippen LogP contribution < -0.4 is 16.2 Å². The molecular weight excluding hydrogens is 325 g/mol. The summed E-state index contributed by atoms with van der Waals surface area (Å²) >= 11 is 10.8. The Morgan fingerprint density at radius 1 is 1.14 bits per heavy atom. The van der Waals surface area contributed by atoms with Crippen molar-refractivity contribution in [2.75, 3.05) is 5.32 Å². The van der Waals surface area contributed by atoms with Crippen LogP contribution in [0.15, 0.2) is 48.5 Å². The van der Waals surface area contributed by atoms with Crippen LogP contribution in [0.3, 0.4) is 0 Å². The largest absolute Gasteiger partial charge is 0.331 e. The highest BCUT2D eigenvalue weighted by molar-refractivity contribution is 7.80. The van der Waals surface area contributed by atoms with E-state index in [0.717, 1.165) is 5.69 Å². The van der Waals surface area contributed by atoms with Crippen LogP contribution in [-0.2, 0) is 11.2 Å². The zero-order chi connectivity index (χ0) is 15.9. The van der Waals surface area contributed by atoms with Crippen LogP contribution in [0.5, 0.6) is 0 Å². The van der Waals surface area contributed by atoms with Crippen molar-refractivity contribution in [3.63, 3.8) is 0 Å². The molecule has 0 bridgehead atoms. The summed E-state index contributed by atoms with van der Waals surface area (Å²) < 4.78 is 13.0. The Kier molecular flexibility index (Phi) is 5.68. The predicted octanol–water partition coefficient (Wildman–Crippen LogP) is 3.04. The number of carbonyl (C=O) groups excluding carboxylic acids is 1. The number of amides is 1. The van der Waals surface area contributed by atoms with Gasteiger partial charge in [-0.3, -0.25) is 15.6 Å². The third-order valence-electron chi connectivity index (χ3n) is 2.67. The summed E-state index contributed by atoms with van der Waals surface area (Å²) in [5, 5.41) is 3.73. The first-order valence-electron chi connectivity index (χ1n) is 6.39. The number of hydrazine groups is 1. The Balaban J connectivity index is 1.78. The number of thiocarbonyl (C=S) groups is 1. The van der Waals surface area contributed by atoms with Gasteiger partial charge in [0.15, 0.2) is 5.11 Å². The molecule has 0 fully saturated rings. The summed E-state index contributed by atoms with van der Waals surface area (Å²) in [7, 11) is 0. The Hall–Kier alpha value is -2.18. The maximum Gasteiger partial charge on any atom is 0.242 e. The number of anilines is 1. The number of hydrogen-bond donors (Lipinski definition) is 3. The predicted molar refractivity (Wildman–Crippen MR) is 89.1 cm³/mol. The standard InChI is InChI=1S/C15H13ClFN3OS/c16-11-4-6-13(7-5-11)18-15(22)20-19-14(21)9-10-2-1-3-12(17)8-10/h1-8H,9H2,(H,19,21)(H2,18,20,22). The van der Waals surface area contributed by atoms with Gasteiger partial charge >= 0.3 is 0 Å². The van der Waals surface area contributed by atoms with E-state index in [2.05, 4.69) is 16.2 Å². The Labute approximate surface area is 137 Å². The monoisotopic (exact) mass is 337 g/mol. The molecule has 7 heteroatoms. The Morgan fingerprint density at radius 3 is 2.55 bits per heavy atom. The molecule has 4 nitrogen and oxygen atoms in total. The fourth-order valence-electron chi connectivity index (χ4n) is 1.70. The number of hydrogen-bond acceptors (Lipinski definition) is 2. The number of rotatable bonds is 3. The molecule has 0 aliphatic carbocycles. The molecule has 0 spiro atoms. The second-order valence-electron chi connectivity index (χ2n) is 4.44. The molecule has 0 heterocycles. The molecule has 22 heavy (non-hydrogen) atoms. The number of carbonyl (C=O) groups is 1. The molecule has 1 amide bonds. The van der Waals surface area contributed by atoms with Crippen LogP contribution in [-0.4, -0.2) is 11.0 Å². The molecule has 0 saturated carbocycles. The third kappa shape index (κ3) is 5.31. The van der Waals surface area contributed by atoms with Gasteiger partial charge in [0.05, 0.1) is 6.42 Å². The van der Waals surface area contributed by atoms with Crippen molar-refractivity contribution in [1.29, 1.82) is 0 Å². The lowest BCUT2D eigenvalue weighted by molar-refractivity contribution is -0.120. The van der Waals surface area contributed by atoms with Gasteiger partial charge in [-0.05, 0) is 54.2 Å². The smallest absolute Gasteiger partial charge is 0.242 e. The summed E-state index contributed by atoms with van der Waals surface area (Å²) in [5.41, 5.74) is 6.33. The molecule has 0 atom stereocenters. The first-order chi connectivity index (χ1) is 10.5. The molecule has 2 rings (SSSR count). The molecule has 2 aromatic carbocycles. The zero-order valence-electron chi connectivity index (χ0n) is 11.4. The molecule has 3 N–H and O–H groups in total. The summed E-state index contributed by atoms with van der Waals surface area (Å²) in [6, 6.07) is 12.8. The maximum atomic E-state index is 13.0. The number of benzene rings is 2.